The number of nitrogens with zero attached hydrogens (tertiary/aromatic N) is 2. The van der Waals surface area contributed by atoms with Crippen LogP contribution >= 0.6 is 0 Å². The number of aryl methyl sites for hydroxylation is 1. The van der Waals surface area contributed by atoms with Crippen LogP contribution in [-0.2, 0) is 0 Å². The molecule has 0 bridgehead atoms. The SMILES string of the molecule is Cc1c[n+]([O-])no1. The lowest BCUT2D eigenvalue weighted by Crippen LogP contribution is -2.25. The highest BCUT2D eigenvalue weighted by Crippen LogP contribution is 1.82. The van der Waals surface area contributed by atoms with Gasteiger partial charge in [0, 0.05) is 6.92 Å². The van der Waals surface area contributed by atoms with Gasteiger partial charge in [-0.05, 0) is 4.85 Å². The van der Waals surface area contributed by atoms with Crippen LogP contribution < -0.4 is 4.85 Å². The largest absolute Gasteiger partial charge is 0.592 e. The van der Waals surface area contributed by atoms with E-state index in [-0.39, 0.29) is 0 Å². The van der Waals surface area contributed by atoms with E-state index >= 15 is 0 Å². The van der Waals surface area contributed by atoms with Crippen molar-refractivity contribution in [1.82, 2.24) is 5.27 Å². The highest BCUT2D eigenvalue weighted by Gasteiger charge is 1.94. The minimum absolute atomic E-state index is 0.370. The zero-order valence-electron chi connectivity index (χ0n) is 3.79. The molecule has 0 fully saturated rings. The van der Waals surface area contributed by atoms with Crippen molar-refractivity contribution in [2.75, 3.05) is 0 Å². The lowest BCUT2D eigenvalue weighted by Gasteiger charge is -1.72. The van der Waals surface area contributed by atoms with Crippen molar-refractivity contribution in [3.63, 3.8) is 0 Å². The Hall–Kier alpha value is -1.06. The van der Waals surface area contributed by atoms with Crippen molar-refractivity contribution in [1.29, 1.82) is 0 Å². The van der Waals surface area contributed by atoms with Crippen molar-refractivity contribution in [3.8, 4) is 0 Å². The van der Waals surface area contributed by atoms with Gasteiger partial charge in [0.05, 0.1) is 0 Å². The van der Waals surface area contributed by atoms with Crippen molar-refractivity contribution in [2.24, 2.45) is 0 Å². The first-order valence-corrected chi connectivity index (χ1v) is 1.82. The van der Waals surface area contributed by atoms with E-state index in [9.17, 15) is 5.21 Å². The predicted molar refractivity (Wildman–Crippen MR) is 20.2 cm³/mol. The van der Waals surface area contributed by atoms with Crippen LogP contribution in [0.25, 0.3) is 0 Å². The van der Waals surface area contributed by atoms with Gasteiger partial charge >= 0.3 is 0 Å². The molecule has 0 spiro atoms. The smallest absolute Gasteiger partial charge is 0.253 e. The predicted octanol–water partition coefficient (Wildman–Crippen LogP) is -0.384. The summed E-state index contributed by atoms with van der Waals surface area (Å²) in [4.78, 5) is 0.370. The Morgan fingerprint density at radius 1 is 2.00 bits per heavy atom. The normalized spacial score (nSPS) is 9.29. The topological polar surface area (TPSA) is 53.0 Å². The van der Waals surface area contributed by atoms with Crippen molar-refractivity contribution in [2.45, 2.75) is 6.92 Å². The van der Waals surface area contributed by atoms with Crippen molar-refractivity contribution in [3.05, 3.63) is 17.2 Å². The monoisotopic (exact) mass is 100 g/mol. The molecular formula is C3H4N2O2. The Labute approximate surface area is 39.9 Å². The number of hydrogen-bond donors (Lipinski definition) is 0. The van der Waals surface area contributed by atoms with Crippen molar-refractivity contribution >= 4 is 0 Å². The molecule has 38 valence electrons. The second-order valence-corrected chi connectivity index (χ2v) is 1.22. The molecule has 0 saturated heterocycles. The highest BCUT2D eigenvalue weighted by atomic mass is 16.6. The first-order valence-electron chi connectivity index (χ1n) is 1.82. The fraction of sp³-hybridized carbons (Fsp3) is 0.333. The fourth-order valence-corrected chi connectivity index (χ4v) is 0.307. The second-order valence-electron chi connectivity index (χ2n) is 1.22. The third kappa shape index (κ3) is 0.677. The summed E-state index contributed by atoms with van der Waals surface area (Å²) >= 11 is 0. The van der Waals surface area contributed by atoms with Gasteiger partial charge in [0.2, 0.25) is 11.0 Å². The molecule has 0 unspecified atom stereocenters. The van der Waals surface area contributed by atoms with Crippen LogP contribution in [0.3, 0.4) is 0 Å². The third-order valence-electron chi connectivity index (χ3n) is 0.558. The van der Waals surface area contributed by atoms with Crippen LogP contribution in [0.1, 0.15) is 5.76 Å². The molecule has 0 aromatic carbocycles. The summed E-state index contributed by atoms with van der Waals surface area (Å²) < 4.78 is 4.36. The number of hydrogen-bond acceptors (Lipinski definition) is 3. The van der Waals surface area contributed by atoms with E-state index in [2.05, 4.69) is 9.79 Å². The van der Waals surface area contributed by atoms with Crippen LogP contribution in [0.2, 0.25) is 0 Å². The highest BCUT2D eigenvalue weighted by molar-refractivity contribution is 4.73. The molecular weight excluding hydrogens is 96.0 g/mol. The van der Waals surface area contributed by atoms with E-state index in [1.54, 1.807) is 6.92 Å². The minimum Gasteiger partial charge on any atom is -0.592 e. The van der Waals surface area contributed by atoms with Crippen LogP contribution in [0.15, 0.2) is 10.7 Å². The van der Waals surface area contributed by atoms with Gasteiger partial charge < -0.3 is 9.73 Å². The fourth-order valence-electron chi connectivity index (χ4n) is 0.307. The summed E-state index contributed by atoms with van der Waals surface area (Å²) in [5.74, 6) is 0.523. The maximum absolute atomic E-state index is 10.0. The summed E-state index contributed by atoms with van der Waals surface area (Å²) in [7, 11) is 0. The van der Waals surface area contributed by atoms with Crippen LogP contribution in [-0.4, -0.2) is 5.27 Å². The summed E-state index contributed by atoms with van der Waals surface area (Å²) in [5.41, 5.74) is 0. The Morgan fingerprint density at radius 2 is 2.71 bits per heavy atom. The molecule has 0 aliphatic heterocycles. The van der Waals surface area contributed by atoms with Gasteiger partial charge in [-0.1, -0.05) is 0 Å². The lowest BCUT2D eigenvalue weighted by atomic mass is 10.6. The summed E-state index contributed by atoms with van der Waals surface area (Å²) in [6.07, 6.45) is 1.25. The van der Waals surface area contributed by atoms with Gasteiger partial charge in [0.25, 0.3) is 6.20 Å². The quantitative estimate of drug-likeness (QED) is 0.329. The summed E-state index contributed by atoms with van der Waals surface area (Å²) in [5, 5.41) is 13.0. The number of rotatable bonds is 0. The van der Waals surface area contributed by atoms with Crippen LogP contribution in [0, 0.1) is 12.1 Å². The van der Waals surface area contributed by atoms with Gasteiger partial charge in [0.15, 0.2) is 0 Å². The average molecular weight is 100 g/mol. The molecule has 0 amide bonds. The van der Waals surface area contributed by atoms with Gasteiger partial charge in [-0.2, -0.15) is 0 Å². The van der Waals surface area contributed by atoms with E-state index in [0.29, 0.717) is 10.6 Å². The molecule has 0 saturated carbocycles. The zero-order valence-corrected chi connectivity index (χ0v) is 3.79. The Balaban J connectivity index is 3.04. The third-order valence-corrected chi connectivity index (χ3v) is 0.558. The lowest BCUT2D eigenvalue weighted by molar-refractivity contribution is -0.679. The Kier molecular flexibility index (Phi) is 0.714. The molecule has 1 rings (SSSR count). The standard InChI is InChI=1S/C3H4N2O2/c1-3-2-5(6)4-7-3/h2H,1H3. The minimum atomic E-state index is 0.370. The van der Waals surface area contributed by atoms with Crippen molar-refractivity contribution < 1.29 is 9.37 Å². The molecule has 0 radical (unpaired) electrons. The van der Waals surface area contributed by atoms with Gasteiger partial charge in [-0.15, -0.1) is 0 Å². The second kappa shape index (κ2) is 1.22. The van der Waals surface area contributed by atoms with Crippen LogP contribution in [0.5, 0.6) is 0 Å². The van der Waals surface area contributed by atoms with Gasteiger partial charge in [-0.3, -0.25) is 0 Å². The first-order chi connectivity index (χ1) is 3.29. The van der Waals surface area contributed by atoms with Crippen LogP contribution in [0.4, 0.5) is 0 Å². The Bertz CT molecular complexity index is 143. The molecule has 7 heavy (non-hydrogen) atoms. The summed E-state index contributed by atoms with van der Waals surface area (Å²) in [6.45, 7) is 1.65. The van der Waals surface area contributed by atoms with Gasteiger partial charge in [-0.25, -0.2) is 0 Å². The van der Waals surface area contributed by atoms with E-state index in [1.165, 1.54) is 6.20 Å². The maximum Gasteiger partial charge on any atom is 0.253 e. The molecule has 0 aliphatic rings. The Morgan fingerprint density at radius 3 is 2.86 bits per heavy atom. The molecule has 0 N–H and O–H groups in total. The van der Waals surface area contributed by atoms with Gasteiger partial charge in [0.1, 0.15) is 0 Å². The molecule has 4 heteroatoms. The molecule has 1 heterocycles. The molecule has 1 aromatic heterocycles. The first kappa shape index (κ1) is 4.11. The van der Waals surface area contributed by atoms with E-state index in [0.717, 1.165) is 0 Å². The van der Waals surface area contributed by atoms with E-state index in [4.69, 9.17) is 0 Å². The van der Waals surface area contributed by atoms with E-state index in [1.807, 2.05) is 0 Å². The zero-order chi connectivity index (χ0) is 5.28. The summed E-state index contributed by atoms with van der Waals surface area (Å²) in [6, 6.07) is 0. The maximum atomic E-state index is 10.0. The number of aromatic nitrogens is 2. The van der Waals surface area contributed by atoms with E-state index < -0.39 is 0 Å². The average Bonchev–Trinajstić information content (AvgIpc) is 1.87. The molecule has 1 aromatic rings. The molecule has 0 atom stereocenters. The molecule has 4 nitrogen and oxygen atoms in total. The molecule has 0 aliphatic carbocycles.